The van der Waals surface area contributed by atoms with Crippen LogP contribution in [0.4, 0.5) is 28.8 Å². The van der Waals surface area contributed by atoms with Gasteiger partial charge in [-0.1, -0.05) is 20.4 Å². The number of ether oxygens (including phenoxy) is 1. The SMILES string of the molecule is C=CC(=O)Nc1cc(Nc2nc(-c3ccnc(N4CCn5c(cc6c5CC(C)(C)C6)C4=O)c3CO)cn(C)c2=O)cnc1N1CCN(C2CCOCC2)C[C@@H]1C. The van der Waals surface area contributed by atoms with E-state index in [2.05, 4.69) is 57.3 Å². The zero-order chi connectivity index (χ0) is 39.3. The van der Waals surface area contributed by atoms with Crippen LogP contribution in [0.1, 0.15) is 60.9 Å². The number of nitrogens with one attached hydrogen (secondary N) is 2. The number of aliphatic hydroxyl groups excluding tert-OH is 1. The molecule has 0 spiro atoms. The predicted molar refractivity (Wildman–Crippen MR) is 214 cm³/mol. The lowest BCUT2D eigenvalue weighted by atomic mass is 9.90. The minimum absolute atomic E-state index is 0.0190. The molecule has 0 unspecified atom stereocenters. The van der Waals surface area contributed by atoms with Crippen LogP contribution in [0, 0.1) is 5.41 Å². The summed E-state index contributed by atoms with van der Waals surface area (Å²) in [5.74, 6) is 0.464. The van der Waals surface area contributed by atoms with Crippen LogP contribution in [-0.4, -0.2) is 97.4 Å². The van der Waals surface area contributed by atoms with Gasteiger partial charge in [0.25, 0.3) is 11.5 Å². The van der Waals surface area contributed by atoms with Crippen molar-refractivity contribution < 1.29 is 19.4 Å². The average molecular weight is 763 g/mol. The normalized spacial score (nSPS) is 19.8. The maximum absolute atomic E-state index is 14.0. The number of anilines is 5. The molecule has 1 aliphatic carbocycles. The largest absolute Gasteiger partial charge is 0.392 e. The van der Waals surface area contributed by atoms with Crippen molar-refractivity contribution in [2.45, 2.75) is 71.7 Å². The van der Waals surface area contributed by atoms with Crippen molar-refractivity contribution in [3.8, 4) is 11.3 Å². The number of carbonyl (C=O) groups excluding carboxylic acids is 2. The van der Waals surface area contributed by atoms with Crippen molar-refractivity contribution in [3.05, 3.63) is 82.3 Å². The fraction of sp³-hybridized carbons (Fsp3) is 0.463. The smallest absolute Gasteiger partial charge is 0.293 e. The lowest BCUT2D eigenvalue weighted by molar-refractivity contribution is -0.111. The summed E-state index contributed by atoms with van der Waals surface area (Å²) in [5, 5.41) is 16.8. The van der Waals surface area contributed by atoms with E-state index < -0.39 is 12.2 Å². The molecule has 2 amide bonds. The maximum Gasteiger partial charge on any atom is 0.293 e. The van der Waals surface area contributed by atoms with Crippen LogP contribution in [0.25, 0.3) is 11.3 Å². The highest BCUT2D eigenvalue weighted by atomic mass is 16.5. The van der Waals surface area contributed by atoms with E-state index in [1.54, 1.807) is 42.7 Å². The Morgan fingerprint density at radius 2 is 1.89 bits per heavy atom. The Morgan fingerprint density at radius 1 is 1.09 bits per heavy atom. The number of rotatable bonds is 9. The van der Waals surface area contributed by atoms with Gasteiger partial charge in [-0.2, -0.15) is 0 Å². The van der Waals surface area contributed by atoms with E-state index in [-0.39, 0.29) is 29.1 Å². The molecule has 4 aromatic rings. The second-order valence-corrected chi connectivity index (χ2v) is 16.1. The molecule has 1 atom stereocenters. The molecule has 294 valence electrons. The third-order valence-corrected chi connectivity index (χ3v) is 11.6. The van der Waals surface area contributed by atoms with Crippen molar-refractivity contribution in [1.82, 2.24) is 29.0 Å². The Hall–Kier alpha value is -5.38. The van der Waals surface area contributed by atoms with E-state index >= 15 is 0 Å². The third kappa shape index (κ3) is 6.99. The second-order valence-electron chi connectivity index (χ2n) is 16.1. The summed E-state index contributed by atoms with van der Waals surface area (Å²) in [4.78, 5) is 60.6. The number of piperazine rings is 1. The molecule has 8 rings (SSSR count). The first-order valence-corrected chi connectivity index (χ1v) is 19.4. The number of nitrogens with zero attached hydrogens (tertiary/aromatic N) is 8. The summed E-state index contributed by atoms with van der Waals surface area (Å²) >= 11 is 0. The van der Waals surface area contributed by atoms with E-state index in [4.69, 9.17) is 14.7 Å². The van der Waals surface area contributed by atoms with E-state index in [9.17, 15) is 19.5 Å². The highest BCUT2D eigenvalue weighted by Gasteiger charge is 2.38. The average Bonchev–Trinajstić information content (AvgIpc) is 3.69. The Balaban J connectivity index is 1.07. The predicted octanol–water partition coefficient (Wildman–Crippen LogP) is 3.87. The Morgan fingerprint density at radius 3 is 2.64 bits per heavy atom. The van der Waals surface area contributed by atoms with Crippen molar-refractivity contribution >= 4 is 40.6 Å². The minimum atomic E-state index is -0.402. The molecular formula is C41H50N10O5. The molecule has 56 heavy (non-hydrogen) atoms. The number of aliphatic hydroxyl groups is 1. The van der Waals surface area contributed by atoms with Crippen molar-refractivity contribution in [2.75, 3.05) is 59.8 Å². The minimum Gasteiger partial charge on any atom is -0.392 e. The summed E-state index contributed by atoms with van der Waals surface area (Å²) in [6, 6.07) is 6.11. The van der Waals surface area contributed by atoms with Crippen molar-refractivity contribution in [2.24, 2.45) is 12.5 Å². The Kier molecular flexibility index (Phi) is 10.0. The Labute approximate surface area is 326 Å². The first-order chi connectivity index (χ1) is 26.9. The quantitative estimate of drug-likeness (QED) is 0.212. The zero-order valence-corrected chi connectivity index (χ0v) is 32.5. The van der Waals surface area contributed by atoms with E-state index in [0.717, 1.165) is 58.5 Å². The number of hydrogen-bond donors (Lipinski definition) is 3. The highest BCUT2D eigenvalue weighted by Crippen LogP contribution is 2.40. The number of aryl methyl sites for hydroxylation is 1. The fourth-order valence-corrected chi connectivity index (χ4v) is 8.89. The van der Waals surface area contributed by atoms with E-state index in [1.807, 2.05) is 6.07 Å². The van der Waals surface area contributed by atoms with Gasteiger partial charge in [-0.25, -0.2) is 15.0 Å². The second kappa shape index (κ2) is 14.9. The topological polar surface area (TPSA) is 163 Å². The van der Waals surface area contributed by atoms with Crippen LogP contribution < -0.4 is 26.0 Å². The molecule has 7 heterocycles. The van der Waals surface area contributed by atoms with Crippen LogP contribution in [0.3, 0.4) is 0 Å². The van der Waals surface area contributed by atoms with Gasteiger partial charge in [0.1, 0.15) is 11.5 Å². The molecule has 3 N–H and O–H groups in total. The number of carbonyl (C=O) groups is 2. The molecule has 0 radical (unpaired) electrons. The van der Waals surface area contributed by atoms with Gasteiger partial charge in [-0.05, 0) is 67.9 Å². The first-order valence-electron chi connectivity index (χ1n) is 19.4. The number of fused-ring (bicyclic) bond motifs is 3. The molecule has 3 aliphatic heterocycles. The van der Waals surface area contributed by atoms with Gasteiger partial charge in [-0.15, -0.1) is 0 Å². The molecule has 15 heteroatoms. The van der Waals surface area contributed by atoms with Gasteiger partial charge >= 0.3 is 0 Å². The summed E-state index contributed by atoms with van der Waals surface area (Å²) < 4.78 is 9.13. The summed E-state index contributed by atoms with van der Waals surface area (Å²) in [6.45, 7) is 15.0. The van der Waals surface area contributed by atoms with Crippen LogP contribution in [-0.2, 0) is 42.6 Å². The standard InChI is InChI=1S/C41H50N10O5/c1-6-35(53)45-31-18-27(21-43-38(31)49-12-11-48(22-25(49)2)28-8-15-56-16-9-28)44-36-40(55)47(5)23-32(46-36)29-7-10-42-37(30(29)24-52)51-14-13-50-33(39(51)54)17-26-19-41(3,4)20-34(26)50/h6-7,10,17-18,21,23,25,28,52H,1,8-9,11-16,19-20,22,24H2,2-5H3,(H,44,46)(H,45,53)/t25-/m0/s1. The van der Waals surface area contributed by atoms with Crippen molar-refractivity contribution in [3.63, 3.8) is 0 Å². The van der Waals surface area contributed by atoms with Crippen molar-refractivity contribution in [1.29, 1.82) is 0 Å². The lowest BCUT2D eigenvalue weighted by Gasteiger charge is -2.45. The van der Waals surface area contributed by atoms with Crippen LogP contribution >= 0.6 is 0 Å². The number of hydrogen-bond acceptors (Lipinski definition) is 11. The molecule has 0 saturated carbocycles. The number of amides is 2. The maximum atomic E-state index is 14.0. The van der Waals surface area contributed by atoms with Gasteiger partial charge in [0.05, 0.1) is 29.9 Å². The van der Waals surface area contributed by atoms with Gasteiger partial charge in [0.2, 0.25) is 5.91 Å². The molecule has 4 aromatic heterocycles. The summed E-state index contributed by atoms with van der Waals surface area (Å²) in [5.41, 5.74) is 5.15. The zero-order valence-electron chi connectivity index (χ0n) is 32.5. The molecule has 2 fully saturated rings. The molecule has 4 aliphatic rings. The first kappa shape index (κ1) is 37.5. The highest BCUT2D eigenvalue weighted by molar-refractivity contribution is 6.06. The van der Waals surface area contributed by atoms with Gasteiger partial charge < -0.3 is 34.5 Å². The number of pyridine rings is 2. The monoisotopic (exact) mass is 762 g/mol. The third-order valence-electron chi connectivity index (χ3n) is 11.6. The molecular weight excluding hydrogens is 713 g/mol. The van der Waals surface area contributed by atoms with Crippen LogP contribution in [0.15, 0.2) is 54.2 Å². The Bertz CT molecular complexity index is 2260. The van der Waals surface area contributed by atoms with Crippen LogP contribution in [0.5, 0.6) is 0 Å². The molecule has 0 bridgehead atoms. The molecule has 15 nitrogen and oxygen atoms in total. The summed E-state index contributed by atoms with van der Waals surface area (Å²) in [7, 11) is 1.63. The number of aromatic nitrogens is 5. The summed E-state index contributed by atoms with van der Waals surface area (Å²) in [6.07, 6.45) is 9.94. The van der Waals surface area contributed by atoms with Gasteiger partial charge in [-0.3, -0.25) is 24.2 Å². The lowest BCUT2D eigenvalue weighted by Crippen LogP contribution is -2.56. The van der Waals surface area contributed by atoms with Gasteiger partial charge in [0.15, 0.2) is 11.6 Å². The van der Waals surface area contributed by atoms with Crippen LogP contribution in [0.2, 0.25) is 0 Å². The molecule has 2 saturated heterocycles. The molecule has 0 aromatic carbocycles. The fourth-order valence-electron chi connectivity index (χ4n) is 8.89. The van der Waals surface area contributed by atoms with E-state index in [0.29, 0.717) is 64.7 Å². The van der Waals surface area contributed by atoms with Gasteiger partial charge in [0, 0.05) is 94.3 Å². The van der Waals surface area contributed by atoms with E-state index in [1.165, 1.54) is 21.9 Å².